The maximum atomic E-state index is 5.78. The molecule has 0 amide bonds. The van der Waals surface area contributed by atoms with Crippen LogP contribution in [0.2, 0.25) is 0 Å². The number of hydrogen-bond donors (Lipinski definition) is 0. The van der Waals surface area contributed by atoms with Crippen molar-refractivity contribution >= 4 is 7.98 Å². The highest BCUT2D eigenvalue weighted by atomic mass is 15.1. The van der Waals surface area contributed by atoms with Crippen molar-refractivity contribution in [1.82, 2.24) is 4.81 Å². The van der Waals surface area contributed by atoms with Gasteiger partial charge in [0.2, 0.25) is 7.98 Å². The van der Waals surface area contributed by atoms with Crippen LogP contribution in [-0.4, -0.2) is 19.3 Å². The molecule has 1 fully saturated rings. The van der Waals surface area contributed by atoms with E-state index < -0.39 is 0 Å². The second-order valence-electron chi connectivity index (χ2n) is 3.80. The Morgan fingerprint density at radius 1 is 1.75 bits per heavy atom. The lowest BCUT2D eigenvalue weighted by molar-refractivity contribution is 0.242. The highest BCUT2D eigenvalue weighted by Crippen LogP contribution is 2.39. The standard InChI is InChI=1S/C10H16BN/c1-4-6-10(3)7-5-8-12(11)9(10)2/h4H,1-2,5-8H2,3H3/t10-/m1/s1. The van der Waals surface area contributed by atoms with Crippen LogP contribution in [0.3, 0.4) is 0 Å². The number of allylic oxidation sites excluding steroid dienone is 2. The number of rotatable bonds is 2. The van der Waals surface area contributed by atoms with Gasteiger partial charge in [0.05, 0.1) is 0 Å². The SMILES string of the molecule is [B]N1CCC[C@@](C)(CC=C)C1=C. The van der Waals surface area contributed by atoms with E-state index in [9.17, 15) is 0 Å². The lowest BCUT2D eigenvalue weighted by Crippen LogP contribution is -2.37. The van der Waals surface area contributed by atoms with Crippen LogP contribution in [0.25, 0.3) is 0 Å². The van der Waals surface area contributed by atoms with E-state index in [0.29, 0.717) is 0 Å². The fourth-order valence-electron chi connectivity index (χ4n) is 1.80. The maximum absolute atomic E-state index is 5.78. The van der Waals surface area contributed by atoms with Crippen LogP contribution in [0, 0.1) is 5.41 Å². The van der Waals surface area contributed by atoms with Gasteiger partial charge in [-0.2, -0.15) is 0 Å². The van der Waals surface area contributed by atoms with Gasteiger partial charge in [0, 0.05) is 12.0 Å². The Labute approximate surface area is 76.6 Å². The van der Waals surface area contributed by atoms with Crippen molar-refractivity contribution in [2.45, 2.75) is 26.2 Å². The molecule has 1 rings (SSSR count). The lowest BCUT2D eigenvalue weighted by Gasteiger charge is -2.42. The van der Waals surface area contributed by atoms with E-state index in [0.717, 1.165) is 25.1 Å². The third-order valence-corrected chi connectivity index (χ3v) is 2.77. The fraction of sp³-hybridized carbons (Fsp3) is 0.600. The minimum atomic E-state index is 0.148. The maximum Gasteiger partial charge on any atom is 0.226 e. The summed E-state index contributed by atoms with van der Waals surface area (Å²) in [6.45, 7) is 10.9. The smallest absolute Gasteiger partial charge is 0.226 e. The van der Waals surface area contributed by atoms with Gasteiger partial charge in [-0.3, -0.25) is 0 Å². The van der Waals surface area contributed by atoms with Crippen molar-refractivity contribution in [3.63, 3.8) is 0 Å². The van der Waals surface area contributed by atoms with Crippen LogP contribution < -0.4 is 0 Å². The molecule has 0 N–H and O–H groups in total. The van der Waals surface area contributed by atoms with Gasteiger partial charge >= 0.3 is 0 Å². The zero-order valence-electron chi connectivity index (χ0n) is 7.84. The van der Waals surface area contributed by atoms with Crippen molar-refractivity contribution in [3.8, 4) is 0 Å². The van der Waals surface area contributed by atoms with Gasteiger partial charge in [-0.15, -0.1) is 6.58 Å². The Hall–Kier alpha value is -0.655. The average Bonchev–Trinajstić information content (AvgIpc) is 2.01. The van der Waals surface area contributed by atoms with Crippen molar-refractivity contribution in [2.75, 3.05) is 6.54 Å². The van der Waals surface area contributed by atoms with E-state index in [2.05, 4.69) is 20.1 Å². The molecule has 0 aromatic rings. The molecule has 12 heavy (non-hydrogen) atoms. The quantitative estimate of drug-likeness (QED) is 0.443. The molecule has 1 nitrogen and oxygen atoms in total. The number of hydrogen-bond acceptors (Lipinski definition) is 1. The van der Waals surface area contributed by atoms with Crippen molar-refractivity contribution in [3.05, 3.63) is 24.9 Å². The Morgan fingerprint density at radius 2 is 2.42 bits per heavy atom. The molecule has 64 valence electrons. The van der Waals surface area contributed by atoms with Gasteiger partial charge < -0.3 is 4.81 Å². The molecule has 1 atom stereocenters. The van der Waals surface area contributed by atoms with Crippen LogP contribution in [0.5, 0.6) is 0 Å². The van der Waals surface area contributed by atoms with Gasteiger partial charge in [0.15, 0.2) is 0 Å². The van der Waals surface area contributed by atoms with Crippen LogP contribution in [0.1, 0.15) is 26.2 Å². The predicted molar refractivity (Wildman–Crippen MR) is 53.8 cm³/mol. The monoisotopic (exact) mass is 161 g/mol. The topological polar surface area (TPSA) is 3.24 Å². The van der Waals surface area contributed by atoms with E-state index in [1.54, 1.807) is 4.81 Å². The summed E-state index contributed by atoms with van der Waals surface area (Å²) < 4.78 is 0. The summed E-state index contributed by atoms with van der Waals surface area (Å²) in [5, 5.41) is 0. The second kappa shape index (κ2) is 3.38. The van der Waals surface area contributed by atoms with Crippen LogP contribution in [0.4, 0.5) is 0 Å². The number of nitrogens with zero attached hydrogens (tertiary/aromatic N) is 1. The van der Waals surface area contributed by atoms with Gasteiger partial charge in [-0.25, -0.2) is 0 Å². The molecule has 1 saturated heterocycles. The Morgan fingerprint density at radius 3 is 3.00 bits per heavy atom. The summed E-state index contributed by atoms with van der Waals surface area (Å²) in [6.07, 6.45) is 5.25. The molecule has 0 aliphatic carbocycles. The Bertz CT molecular complexity index is 200. The summed E-state index contributed by atoms with van der Waals surface area (Å²) in [5.74, 6) is 0. The highest BCUT2D eigenvalue weighted by Gasteiger charge is 2.31. The second-order valence-corrected chi connectivity index (χ2v) is 3.80. The molecule has 1 heterocycles. The summed E-state index contributed by atoms with van der Waals surface area (Å²) in [7, 11) is 5.78. The average molecular weight is 161 g/mol. The van der Waals surface area contributed by atoms with E-state index in [-0.39, 0.29) is 5.41 Å². The molecule has 0 bridgehead atoms. The molecular weight excluding hydrogens is 145 g/mol. The van der Waals surface area contributed by atoms with Crippen molar-refractivity contribution in [1.29, 1.82) is 0 Å². The normalized spacial score (nSPS) is 30.4. The van der Waals surface area contributed by atoms with Crippen LogP contribution in [0.15, 0.2) is 24.9 Å². The largest absolute Gasteiger partial charge is 0.428 e. The lowest BCUT2D eigenvalue weighted by atomic mass is 9.75. The minimum absolute atomic E-state index is 0.148. The Kier molecular flexibility index (Phi) is 2.66. The summed E-state index contributed by atoms with van der Waals surface area (Å²) in [5.41, 5.74) is 1.20. The highest BCUT2D eigenvalue weighted by molar-refractivity contribution is 6.05. The Balaban J connectivity index is 2.73. The first-order chi connectivity index (χ1) is 5.60. The predicted octanol–water partition coefficient (Wildman–Crippen LogP) is 2.26. The van der Waals surface area contributed by atoms with E-state index >= 15 is 0 Å². The van der Waals surface area contributed by atoms with Gasteiger partial charge in [0.1, 0.15) is 0 Å². The van der Waals surface area contributed by atoms with Crippen LogP contribution >= 0.6 is 0 Å². The zero-order chi connectivity index (χ0) is 9.19. The van der Waals surface area contributed by atoms with E-state index in [4.69, 9.17) is 7.98 Å². The van der Waals surface area contributed by atoms with Crippen LogP contribution in [-0.2, 0) is 0 Å². The molecule has 0 unspecified atom stereocenters. The van der Waals surface area contributed by atoms with Gasteiger partial charge in [0.25, 0.3) is 0 Å². The molecule has 0 aromatic carbocycles. The third kappa shape index (κ3) is 1.57. The summed E-state index contributed by atoms with van der Waals surface area (Å²) in [6, 6.07) is 0. The minimum Gasteiger partial charge on any atom is -0.428 e. The van der Waals surface area contributed by atoms with E-state index in [1.165, 1.54) is 6.42 Å². The first-order valence-corrected chi connectivity index (χ1v) is 4.43. The molecule has 0 aromatic heterocycles. The van der Waals surface area contributed by atoms with Crippen molar-refractivity contribution < 1.29 is 0 Å². The summed E-state index contributed by atoms with van der Waals surface area (Å²) in [4.78, 5) is 1.77. The molecule has 2 radical (unpaired) electrons. The fourth-order valence-corrected chi connectivity index (χ4v) is 1.80. The molecule has 1 aliphatic rings. The van der Waals surface area contributed by atoms with Crippen molar-refractivity contribution in [2.24, 2.45) is 5.41 Å². The van der Waals surface area contributed by atoms with Gasteiger partial charge in [-0.1, -0.05) is 19.6 Å². The first-order valence-electron chi connectivity index (χ1n) is 4.43. The zero-order valence-corrected chi connectivity index (χ0v) is 7.84. The number of piperidine rings is 1. The van der Waals surface area contributed by atoms with Gasteiger partial charge in [-0.05, 0) is 25.0 Å². The third-order valence-electron chi connectivity index (χ3n) is 2.77. The molecule has 2 heteroatoms. The molecule has 1 aliphatic heterocycles. The molecule has 0 spiro atoms. The molecular formula is C10H16BN. The van der Waals surface area contributed by atoms with E-state index in [1.807, 2.05) is 6.08 Å². The first kappa shape index (κ1) is 9.43. The molecule has 0 saturated carbocycles. The summed E-state index contributed by atoms with van der Waals surface area (Å²) >= 11 is 0.